The number of rotatable bonds is 5. The maximum atomic E-state index is 11.8. The first-order valence-corrected chi connectivity index (χ1v) is 7.57. The van der Waals surface area contributed by atoms with E-state index in [1.54, 1.807) is 0 Å². The number of hydrogen-bond acceptors (Lipinski definition) is 2. The number of ketones is 1. The highest BCUT2D eigenvalue weighted by atomic mass is 32.2. The molecule has 1 aromatic carbocycles. The fourth-order valence-corrected chi connectivity index (χ4v) is 3.51. The SMILES string of the molecule is O=C(CSC1CCCCC1)Cc1ccccc1. The van der Waals surface area contributed by atoms with Gasteiger partial charge in [-0.1, -0.05) is 49.6 Å². The Balaban J connectivity index is 1.70. The summed E-state index contributed by atoms with van der Waals surface area (Å²) in [5.74, 6) is 1.06. The van der Waals surface area contributed by atoms with Crippen molar-refractivity contribution in [3.8, 4) is 0 Å². The summed E-state index contributed by atoms with van der Waals surface area (Å²) in [4.78, 5) is 11.8. The highest BCUT2D eigenvalue weighted by molar-refractivity contribution is 8.00. The summed E-state index contributed by atoms with van der Waals surface area (Å²) in [5.41, 5.74) is 1.14. The van der Waals surface area contributed by atoms with E-state index in [1.807, 2.05) is 42.1 Å². The second-order valence-electron chi connectivity index (χ2n) is 4.77. The Morgan fingerprint density at radius 3 is 2.53 bits per heavy atom. The van der Waals surface area contributed by atoms with Crippen LogP contribution in [-0.4, -0.2) is 16.8 Å². The van der Waals surface area contributed by atoms with Crippen LogP contribution in [0.2, 0.25) is 0 Å². The van der Waals surface area contributed by atoms with Gasteiger partial charge in [-0.15, -0.1) is 0 Å². The number of carbonyl (C=O) groups is 1. The molecule has 0 unspecified atom stereocenters. The average Bonchev–Trinajstić information content (AvgIpc) is 2.39. The number of benzene rings is 1. The van der Waals surface area contributed by atoms with E-state index in [9.17, 15) is 4.79 Å². The molecule has 0 aromatic heterocycles. The maximum absolute atomic E-state index is 11.8. The zero-order chi connectivity index (χ0) is 11.9. The minimum Gasteiger partial charge on any atom is -0.298 e. The van der Waals surface area contributed by atoms with Crippen LogP contribution in [-0.2, 0) is 11.2 Å². The third-order valence-electron chi connectivity index (χ3n) is 3.28. The Bertz CT molecular complexity index is 341. The largest absolute Gasteiger partial charge is 0.298 e. The predicted octanol–water partition coefficient (Wildman–Crippen LogP) is 3.86. The molecule has 1 fully saturated rings. The molecule has 0 aliphatic heterocycles. The van der Waals surface area contributed by atoms with E-state index in [0.29, 0.717) is 18.0 Å². The van der Waals surface area contributed by atoms with E-state index >= 15 is 0 Å². The summed E-state index contributed by atoms with van der Waals surface area (Å²) < 4.78 is 0. The van der Waals surface area contributed by atoms with Gasteiger partial charge >= 0.3 is 0 Å². The van der Waals surface area contributed by atoms with Gasteiger partial charge in [-0.2, -0.15) is 11.8 Å². The lowest BCUT2D eigenvalue weighted by Crippen LogP contribution is -2.13. The molecule has 0 heterocycles. The Hall–Kier alpha value is -0.760. The van der Waals surface area contributed by atoms with Crippen molar-refractivity contribution < 1.29 is 4.79 Å². The summed E-state index contributed by atoms with van der Waals surface area (Å²) >= 11 is 1.88. The van der Waals surface area contributed by atoms with Crippen LogP contribution in [0.1, 0.15) is 37.7 Å². The molecule has 92 valence electrons. The first kappa shape index (κ1) is 12.7. The summed E-state index contributed by atoms with van der Waals surface area (Å²) in [5, 5.41) is 0.739. The molecule has 0 bridgehead atoms. The Kier molecular flexibility index (Phi) is 5.11. The molecule has 0 radical (unpaired) electrons. The van der Waals surface area contributed by atoms with Crippen molar-refractivity contribution in [2.24, 2.45) is 0 Å². The molecule has 0 amide bonds. The van der Waals surface area contributed by atoms with E-state index < -0.39 is 0 Å². The lowest BCUT2D eigenvalue weighted by molar-refractivity contribution is -0.116. The third-order valence-corrected chi connectivity index (χ3v) is 4.71. The lowest BCUT2D eigenvalue weighted by atomic mass is 10.0. The van der Waals surface area contributed by atoms with Crippen molar-refractivity contribution in [2.45, 2.75) is 43.8 Å². The molecule has 1 aliphatic rings. The van der Waals surface area contributed by atoms with Gasteiger partial charge in [0.2, 0.25) is 0 Å². The van der Waals surface area contributed by atoms with Crippen molar-refractivity contribution in [2.75, 3.05) is 5.75 Å². The second kappa shape index (κ2) is 6.85. The number of hydrogen-bond donors (Lipinski definition) is 0. The summed E-state index contributed by atoms with van der Waals surface area (Å²) in [6.45, 7) is 0. The first-order valence-electron chi connectivity index (χ1n) is 6.52. The summed E-state index contributed by atoms with van der Waals surface area (Å²) in [7, 11) is 0. The van der Waals surface area contributed by atoms with Crippen LogP contribution in [0.5, 0.6) is 0 Å². The van der Waals surface area contributed by atoms with E-state index in [-0.39, 0.29) is 0 Å². The third kappa shape index (κ3) is 4.55. The summed E-state index contributed by atoms with van der Waals surface area (Å²) in [6.07, 6.45) is 7.30. The fraction of sp³-hybridized carbons (Fsp3) is 0.533. The van der Waals surface area contributed by atoms with Crippen LogP contribution in [0.15, 0.2) is 30.3 Å². The van der Waals surface area contributed by atoms with E-state index in [0.717, 1.165) is 10.8 Å². The van der Waals surface area contributed by atoms with Gasteiger partial charge in [-0.3, -0.25) is 4.79 Å². The van der Waals surface area contributed by atoms with Gasteiger partial charge in [-0.25, -0.2) is 0 Å². The normalized spacial score (nSPS) is 16.9. The molecule has 2 rings (SSSR count). The topological polar surface area (TPSA) is 17.1 Å². The van der Waals surface area contributed by atoms with Crippen LogP contribution >= 0.6 is 11.8 Å². The average molecular weight is 248 g/mol. The Morgan fingerprint density at radius 1 is 1.12 bits per heavy atom. The van der Waals surface area contributed by atoms with Gasteiger partial charge in [0.25, 0.3) is 0 Å². The number of thioether (sulfide) groups is 1. The van der Waals surface area contributed by atoms with Gasteiger partial charge in [0, 0.05) is 11.7 Å². The highest BCUT2D eigenvalue weighted by Crippen LogP contribution is 2.28. The van der Waals surface area contributed by atoms with Gasteiger partial charge in [0.05, 0.1) is 5.75 Å². The zero-order valence-electron chi connectivity index (χ0n) is 10.2. The molecular formula is C15H20OS. The molecule has 0 spiro atoms. The molecule has 0 atom stereocenters. The molecule has 1 nitrogen and oxygen atoms in total. The van der Waals surface area contributed by atoms with Gasteiger partial charge < -0.3 is 0 Å². The fourth-order valence-electron chi connectivity index (χ4n) is 2.32. The van der Waals surface area contributed by atoms with Crippen molar-refractivity contribution in [3.63, 3.8) is 0 Å². The standard InChI is InChI=1S/C15H20OS/c16-14(11-13-7-3-1-4-8-13)12-17-15-9-5-2-6-10-15/h1,3-4,7-8,15H,2,5-6,9-12H2. The van der Waals surface area contributed by atoms with Crippen LogP contribution in [0.3, 0.4) is 0 Å². The Labute approximate surface area is 108 Å². The van der Waals surface area contributed by atoms with E-state index in [4.69, 9.17) is 0 Å². The molecule has 0 saturated heterocycles. The molecular weight excluding hydrogens is 228 g/mol. The van der Waals surface area contributed by atoms with Crippen molar-refractivity contribution >= 4 is 17.5 Å². The van der Waals surface area contributed by atoms with Crippen LogP contribution in [0.25, 0.3) is 0 Å². The van der Waals surface area contributed by atoms with Crippen molar-refractivity contribution in [1.82, 2.24) is 0 Å². The molecule has 1 aliphatic carbocycles. The van der Waals surface area contributed by atoms with Crippen LogP contribution in [0.4, 0.5) is 0 Å². The lowest BCUT2D eigenvalue weighted by Gasteiger charge is -2.20. The van der Waals surface area contributed by atoms with Gasteiger partial charge in [0.1, 0.15) is 5.78 Å². The second-order valence-corrected chi connectivity index (χ2v) is 6.06. The quantitative estimate of drug-likeness (QED) is 0.787. The highest BCUT2D eigenvalue weighted by Gasteiger charge is 2.15. The molecule has 17 heavy (non-hydrogen) atoms. The van der Waals surface area contributed by atoms with E-state index in [2.05, 4.69) is 0 Å². The Morgan fingerprint density at radius 2 is 1.82 bits per heavy atom. The number of Topliss-reactive ketones (excluding diaryl/α,β-unsaturated/α-hetero) is 1. The summed E-state index contributed by atoms with van der Waals surface area (Å²) in [6, 6.07) is 10.0. The van der Waals surface area contributed by atoms with Crippen LogP contribution in [0, 0.1) is 0 Å². The predicted molar refractivity (Wildman–Crippen MR) is 74.5 cm³/mol. The maximum Gasteiger partial charge on any atom is 0.147 e. The van der Waals surface area contributed by atoms with E-state index in [1.165, 1.54) is 32.1 Å². The van der Waals surface area contributed by atoms with Gasteiger partial charge in [0.15, 0.2) is 0 Å². The van der Waals surface area contributed by atoms with Gasteiger partial charge in [-0.05, 0) is 18.4 Å². The number of carbonyl (C=O) groups excluding carboxylic acids is 1. The smallest absolute Gasteiger partial charge is 0.147 e. The minimum absolute atomic E-state index is 0.367. The monoisotopic (exact) mass is 248 g/mol. The van der Waals surface area contributed by atoms with Crippen LogP contribution < -0.4 is 0 Å². The first-order chi connectivity index (χ1) is 8.34. The molecule has 1 saturated carbocycles. The zero-order valence-corrected chi connectivity index (χ0v) is 11.0. The van der Waals surface area contributed by atoms with Crippen molar-refractivity contribution in [3.05, 3.63) is 35.9 Å². The molecule has 1 aromatic rings. The molecule has 0 N–H and O–H groups in total. The van der Waals surface area contributed by atoms with Crippen molar-refractivity contribution in [1.29, 1.82) is 0 Å². The molecule has 2 heteroatoms. The minimum atomic E-state index is 0.367.